The van der Waals surface area contributed by atoms with E-state index in [4.69, 9.17) is 84.3 Å². The van der Waals surface area contributed by atoms with Gasteiger partial charge in [0.1, 0.15) is 17.6 Å². The zero-order valence-corrected chi connectivity index (χ0v) is 33.0. The zero-order valence-electron chi connectivity index (χ0n) is 27.6. The standard InChI is InChI=1S/C24H32ClNO4S.C10H4Cl5N3O2/c1-3-5-21(26-29-14-16(2)30-20-9-7-19(25)8-10-20)24-22(27)12-18(13-23(24)28)17-6-4-11-31-15-17;11-4-1-2-6(5(12)3-4)18-9(10(13,14)15)16-7(17-18)8(19)20/h7-10,16-18,27H,3-6,11-15H2,1-2H3;1-3H,(H,19,20). The molecule has 17 heteroatoms. The smallest absolute Gasteiger partial charge is 0.375 e. The fraction of sp³-hybridized carbons (Fsp3) is 0.441. The van der Waals surface area contributed by atoms with Crippen LogP contribution in [0, 0.1) is 11.8 Å². The number of carboxylic acid groups (broad SMARTS) is 1. The van der Waals surface area contributed by atoms with Crippen molar-refractivity contribution in [1.29, 1.82) is 0 Å². The zero-order chi connectivity index (χ0) is 37.3. The number of ether oxygens (including phenoxy) is 1. The summed E-state index contributed by atoms with van der Waals surface area (Å²) in [6.45, 7) is 4.15. The van der Waals surface area contributed by atoms with Crippen molar-refractivity contribution in [1.82, 2.24) is 14.8 Å². The lowest BCUT2D eigenvalue weighted by atomic mass is 9.76. The highest BCUT2D eigenvalue weighted by molar-refractivity contribution is 7.99. The third-order valence-electron chi connectivity index (χ3n) is 7.93. The molecular formula is C34H36Cl6N4O6S. The second kappa shape index (κ2) is 19.1. The lowest BCUT2D eigenvalue weighted by Gasteiger charge is -2.32. The number of oxime groups is 1. The minimum absolute atomic E-state index is 0.00872. The molecule has 10 nitrogen and oxygen atoms in total. The lowest BCUT2D eigenvalue weighted by Crippen LogP contribution is -2.31. The van der Waals surface area contributed by atoms with Crippen LogP contribution in [0.15, 0.2) is 59.0 Å². The SMILES string of the molecule is CCCC(=NOCC(C)Oc1ccc(Cl)cc1)C1=C(O)CC(C2CCCSC2)CC1=O.O=C(O)c1nc(C(Cl)(Cl)Cl)n(-c2ccc(Cl)cc2Cl)n1. The minimum atomic E-state index is -1.97. The Balaban J connectivity index is 0.000000251. The number of carboxylic acids is 1. The summed E-state index contributed by atoms with van der Waals surface area (Å²) in [6, 6.07) is 11.6. The molecule has 2 aromatic carbocycles. The Morgan fingerprint density at radius 1 is 1.10 bits per heavy atom. The van der Waals surface area contributed by atoms with Crippen molar-refractivity contribution in [3.8, 4) is 11.4 Å². The molecule has 0 saturated carbocycles. The van der Waals surface area contributed by atoms with E-state index in [-0.39, 0.29) is 46.7 Å². The number of benzene rings is 2. The Kier molecular flexibility index (Phi) is 15.5. The third-order valence-corrected chi connectivity index (χ3v) is 10.5. The molecule has 1 fully saturated rings. The van der Waals surface area contributed by atoms with Gasteiger partial charge in [0.15, 0.2) is 18.2 Å². The van der Waals surface area contributed by atoms with Gasteiger partial charge in [-0.05, 0) is 92.0 Å². The molecule has 0 radical (unpaired) electrons. The number of aliphatic hydroxyl groups is 1. The molecular weight excluding hydrogens is 805 g/mol. The van der Waals surface area contributed by atoms with E-state index < -0.39 is 15.6 Å². The Bertz CT molecular complexity index is 1740. The molecule has 0 spiro atoms. The van der Waals surface area contributed by atoms with Gasteiger partial charge in [0.25, 0.3) is 5.82 Å². The number of thioether (sulfide) groups is 1. The third kappa shape index (κ3) is 11.8. The summed E-state index contributed by atoms with van der Waals surface area (Å²) < 4.78 is 4.88. The van der Waals surface area contributed by atoms with Gasteiger partial charge in [-0.25, -0.2) is 14.5 Å². The molecule has 276 valence electrons. The van der Waals surface area contributed by atoms with E-state index in [1.165, 1.54) is 30.4 Å². The molecule has 2 heterocycles. The average molecular weight is 841 g/mol. The van der Waals surface area contributed by atoms with Crippen molar-refractivity contribution >= 4 is 98.8 Å². The van der Waals surface area contributed by atoms with Crippen molar-refractivity contribution < 1.29 is 29.4 Å². The van der Waals surface area contributed by atoms with Crippen molar-refractivity contribution in [2.45, 2.75) is 62.3 Å². The van der Waals surface area contributed by atoms with Crippen molar-refractivity contribution in [2.24, 2.45) is 17.0 Å². The van der Waals surface area contributed by atoms with Crippen molar-refractivity contribution in [2.75, 3.05) is 18.1 Å². The highest BCUT2D eigenvalue weighted by Gasteiger charge is 2.36. The number of Topliss-reactive ketones (excluding diaryl/α,β-unsaturated/α-hetero) is 1. The number of aromatic carboxylic acids is 1. The van der Waals surface area contributed by atoms with Crippen molar-refractivity contribution in [3.05, 3.63) is 80.5 Å². The van der Waals surface area contributed by atoms with Crippen LogP contribution in [0.3, 0.4) is 0 Å². The molecule has 3 unspecified atom stereocenters. The van der Waals surface area contributed by atoms with Gasteiger partial charge in [-0.2, -0.15) is 11.8 Å². The molecule has 51 heavy (non-hydrogen) atoms. The Morgan fingerprint density at radius 2 is 1.80 bits per heavy atom. The van der Waals surface area contributed by atoms with Gasteiger partial charge in [0, 0.05) is 22.9 Å². The predicted octanol–water partition coefficient (Wildman–Crippen LogP) is 10.3. The molecule has 3 atom stereocenters. The maximum atomic E-state index is 12.9. The van der Waals surface area contributed by atoms with E-state index in [9.17, 15) is 14.7 Å². The van der Waals surface area contributed by atoms with Crippen LogP contribution >= 0.6 is 81.4 Å². The van der Waals surface area contributed by atoms with Crippen LogP contribution < -0.4 is 4.74 Å². The maximum Gasteiger partial charge on any atom is 0.375 e. The molecule has 1 aliphatic carbocycles. The number of carbonyl (C=O) groups excluding carboxylic acids is 1. The first-order valence-electron chi connectivity index (χ1n) is 16.0. The number of allylic oxidation sites excluding steroid dienone is 2. The molecule has 3 aromatic rings. The number of alkyl halides is 3. The van der Waals surface area contributed by atoms with Crippen LogP contribution in [0.5, 0.6) is 5.75 Å². The molecule has 1 aromatic heterocycles. The number of aliphatic hydroxyl groups excluding tert-OH is 1. The summed E-state index contributed by atoms with van der Waals surface area (Å²) in [4.78, 5) is 33.1. The van der Waals surface area contributed by atoms with E-state index in [0.717, 1.165) is 23.3 Å². The second-order valence-electron chi connectivity index (χ2n) is 11.9. The summed E-state index contributed by atoms with van der Waals surface area (Å²) in [7, 11) is 0. The van der Waals surface area contributed by atoms with Gasteiger partial charge in [-0.3, -0.25) is 4.79 Å². The average Bonchev–Trinajstić information content (AvgIpc) is 3.53. The fourth-order valence-corrected chi connectivity index (χ4v) is 7.84. The molecule has 1 saturated heterocycles. The first kappa shape index (κ1) is 41.4. The lowest BCUT2D eigenvalue weighted by molar-refractivity contribution is -0.117. The Labute approximate surface area is 330 Å². The summed E-state index contributed by atoms with van der Waals surface area (Å²) in [5.74, 6) is 1.85. The van der Waals surface area contributed by atoms with E-state index in [1.807, 2.05) is 25.6 Å². The van der Waals surface area contributed by atoms with Gasteiger partial charge in [-0.15, -0.1) is 5.10 Å². The van der Waals surface area contributed by atoms with Gasteiger partial charge in [0.05, 0.1) is 22.0 Å². The molecule has 1 aliphatic heterocycles. The first-order valence-corrected chi connectivity index (χ1v) is 19.5. The molecule has 2 aliphatic rings. The number of ketones is 1. The van der Waals surface area contributed by atoms with E-state index in [2.05, 4.69) is 15.2 Å². The highest BCUT2D eigenvalue weighted by Crippen LogP contribution is 2.40. The Hall–Kier alpha value is -2.38. The number of carbonyl (C=O) groups is 2. The maximum absolute atomic E-state index is 12.9. The number of hydrogen-bond donors (Lipinski definition) is 2. The first-order chi connectivity index (χ1) is 24.2. The Morgan fingerprint density at radius 3 is 2.39 bits per heavy atom. The number of nitrogens with zero attached hydrogens (tertiary/aromatic N) is 4. The number of rotatable bonds is 11. The monoisotopic (exact) mass is 838 g/mol. The molecule has 5 rings (SSSR count). The van der Waals surface area contributed by atoms with Crippen LogP contribution in [0.4, 0.5) is 0 Å². The van der Waals surface area contributed by atoms with Gasteiger partial charge < -0.3 is 19.8 Å². The van der Waals surface area contributed by atoms with Gasteiger partial charge in [0.2, 0.25) is 3.79 Å². The molecule has 0 amide bonds. The van der Waals surface area contributed by atoms with E-state index in [1.54, 1.807) is 24.3 Å². The van der Waals surface area contributed by atoms with Gasteiger partial charge >= 0.3 is 5.97 Å². The normalized spacial score (nSPS) is 18.9. The fourth-order valence-electron chi connectivity index (χ4n) is 5.58. The van der Waals surface area contributed by atoms with Crippen LogP contribution in [0.2, 0.25) is 15.1 Å². The van der Waals surface area contributed by atoms with Crippen LogP contribution in [0.25, 0.3) is 5.69 Å². The van der Waals surface area contributed by atoms with E-state index >= 15 is 0 Å². The van der Waals surface area contributed by atoms with Crippen LogP contribution in [0.1, 0.15) is 68.8 Å². The molecule has 0 bridgehead atoms. The quantitative estimate of drug-likeness (QED) is 0.110. The van der Waals surface area contributed by atoms with E-state index in [0.29, 0.717) is 52.3 Å². The van der Waals surface area contributed by atoms with Crippen LogP contribution in [-0.2, 0) is 13.4 Å². The summed E-state index contributed by atoms with van der Waals surface area (Å²) in [5, 5.41) is 28.9. The number of hydrogen-bond acceptors (Lipinski definition) is 9. The van der Waals surface area contributed by atoms with Gasteiger partial charge in [-0.1, -0.05) is 88.1 Å². The van der Waals surface area contributed by atoms with Crippen molar-refractivity contribution in [3.63, 3.8) is 0 Å². The number of halogens is 6. The predicted molar refractivity (Wildman–Crippen MR) is 205 cm³/mol. The largest absolute Gasteiger partial charge is 0.511 e. The molecule has 2 N–H and O–H groups in total. The highest BCUT2D eigenvalue weighted by atomic mass is 35.6. The second-order valence-corrected chi connectivity index (χ2v) is 16.6. The summed E-state index contributed by atoms with van der Waals surface area (Å²) in [6.07, 6.45) is 4.56. The topological polar surface area (TPSA) is 136 Å². The van der Waals surface area contributed by atoms with Crippen LogP contribution in [-0.4, -0.2) is 66.7 Å². The minimum Gasteiger partial charge on any atom is -0.511 e. The summed E-state index contributed by atoms with van der Waals surface area (Å²) >= 11 is 36.9. The number of aromatic nitrogens is 3. The summed E-state index contributed by atoms with van der Waals surface area (Å²) in [5.41, 5.74) is 1.20.